The normalized spacial score (nSPS) is 12.0. The van der Waals surface area contributed by atoms with Crippen molar-refractivity contribution < 1.29 is 9.59 Å². The molecule has 0 fully saturated rings. The highest BCUT2D eigenvalue weighted by molar-refractivity contribution is 6.36. The summed E-state index contributed by atoms with van der Waals surface area (Å²) in [6.45, 7) is 8.70. The second-order valence-corrected chi connectivity index (χ2v) is 8.45. The Kier molecular flexibility index (Phi) is 8.54. The van der Waals surface area contributed by atoms with Crippen LogP contribution in [0.4, 0.5) is 0 Å². The van der Waals surface area contributed by atoms with Crippen LogP contribution in [0, 0.1) is 12.8 Å². The van der Waals surface area contributed by atoms with E-state index in [0.717, 1.165) is 11.1 Å². The second-order valence-electron chi connectivity index (χ2n) is 7.64. The summed E-state index contributed by atoms with van der Waals surface area (Å²) in [7, 11) is 0. The third-order valence-corrected chi connectivity index (χ3v) is 5.55. The number of aryl methyl sites for hydroxylation is 1. The number of rotatable bonds is 8. The maximum Gasteiger partial charge on any atom is 0.242 e. The van der Waals surface area contributed by atoms with Gasteiger partial charge in [-0.25, -0.2) is 0 Å². The van der Waals surface area contributed by atoms with E-state index in [1.807, 2.05) is 45.0 Å². The van der Waals surface area contributed by atoms with Crippen molar-refractivity contribution in [1.29, 1.82) is 0 Å². The summed E-state index contributed by atoms with van der Waals surface area (Å²) in [6.07, 6.45) is 0.0339. The molecule has 0 aliphatic rings. The largest absolute Gasteiger partial charge is 0.354 e. The first-order valence-electron chi connectivity index (χ1n) is 9.75. The molecule has 0 radical (unpaired) electrons. The van der Waals surface area contributed by atoms with Crippen LogP contribution in [0.1, 0.15) is 37.5 Å². The van der Waals surface area contributed by atoms with Crippen LogP contribution in [0.15, 0.2) is 42.5 Å². The highest BCUT2D eigenvalue weighted by atomic mass is 35.5. The summed E-state index contributed by atoms with van der Waals surface area (Å²) in [5, 5.41) is 3.81. The molecule has 29 heavy (non-hydrogen) atoms. The van der Waals surface area contributed by atoms with Gasteiger partial charge in [-0.15, -0.1) is 0 Å². The molecule has 6 heteroatoms. The van der Waals surface area contributed by atoms with Gasteiger partial charge >= 0.3 is 0 Å². The topological polar surface area (TPSA) is 49.4 Å². The smallest absolute Gasteiger partial charge is 0.242 e. The molecule has 2 aromatic rings. The predicted octanol–water partition coefficient (Wildman–Crippen LogP) is 5.03. The summed E-state index contributed by atoms with van der Waals surface area (Å²) in [4.78, 5) is 27.5. The van der Waals surface area contributed by atoms with Gasteiger partial charge in [0.25, 0.3) is 0 Å². The van der Waals surface area contributed by atoms with Crippen LogP contribution in [-0.2, 0) is 22.6 Å². The first-order chi connectivity index (χ1) is 13.7. The van der Waals surface area contributed by atoms with Crippen LogP contribution in [0.5, 0.6) is 0 Å². The number of hydrogen-bond acceptors (Lipinski definition) is 2. The summed E-state index contributed by atoms with van der Waals surface area (Å²) < 4.78 is 0. The van der Waals surface area contributed by atoms with Crippen LogP contribution < -0.4 is 5.32 Å². The molecule has 2 amide bonds. The molecule has 156 valence electrons. The minimum absolute atomic E-state index is 0.0339. The van der Waals surface area contributed by atoms with Crippen molar-refractivity contribution in [2.45, 2.75) is 46.7 Å². The van der Waals surface area contributed by atoms with E-state index in [0.29, 0.717) is 34.6 Å². The number of carbonyl (C=O) groups is 2. The molecule has 1 N–H and O–H groups in total. The Morgan fingerprint density at radius 3 is 2.21 bits per heavy atom. The molecule has 0 unspecified atom stereocenters. The monoisotopic (exact) mass is 434 g/mol. The fraction of sp³-hybridized carbons (Fsp3) is 0.391. The maximum atomic E-state index is 13.2. The molecule has 0 bridgehead atoms. The molecule has 2 rings (SSSR count). The quantitative estimate of drug-likeness (QED) is 0.632. The van der Waals surface area contributed by atoms with Gasteiger partial charge in [0, 0.05) is 23.1 Å². The summed E-state index contributed by atoms with van der Waals surface area (Å²) in [5.41, 5.74) is 2.64. The third kappa shape index (κ3) is 6.48. The fourth-order valence-corrected chi connectivity index (χ4v) is 3.49. The minimum atomic E-state index is -0.623. The fourth-order valence-electron chi connectivity index (χ4n) is 2.96. The summed E-state index contributed by atoms with van der Waals surface area (Å²) in [5.74, 6) is -0.0464. The molecule has 4 nitrogen and oxygen atoms in total. The van der Waals surface area contributed by atoms with Gasteiger partial charge in [-0.1, -0.05) is 67.4 Å². The van der Waals surface area contributed by atoms with Gasteiger partial charge in [0.15, 0.2) is 0 Å². The van der Waals surface area contributed by atoms with Crippen molar-refractivity contribution in [3.8, 4) is 0 Å². The van der Waals surface area contributed by atoms with Gasteiger partial charge in [0.1, 0.15) is 6.04 Å². The zero-order chi connectivity index (χ0) is 21.6. The predicted molar refractivity (Wildman–Crippen MR) is 119 cm³/mol. The van der Waals surface area contributed by atoms with Crippen LogP contribution in [0.25, 0.3) is 0 Å². The lowest BCUT2D eigenvalue weighted by molar-refractivity contribution is -0.140. The molecular weight excluding hydrogens is 407 g/mol. The Morgan fingerprint density at radius 1 is 1.00 bits per heavy atom. The van der Waals surface area contributed by atoms with Gasteiger partial charge in [-0.2, -0.15) is 0 Å². The standard InChI is InChI=1S/C23H28Cl2N2O2/c1-15(2)13-26-23(29)17(4)27(14-18-9-6-5-8-16(18)3)22(28)12-19-20(24)10-7-11-21(19)25/h5-11,15,17H,12-14H2,1-4H3,(H,26,29)/t17-/m1/s1. The molecule has 0 aromatic heterocycles. The van der Waals surface area contributed by atoms with E-state index >= 15 is 0 Å². The lowest BCUT2D eigenvalue weighted by Crippen LogP contribution is -2.48. The van der Waals surface area contributed by atoms with Gasteiger partial charge in [0.2, 0.25) is 11.8 Å². The van der Waals surface area contributed by atoms with E-state index in [-0.39, 0.29) is 18.2 Å². The Morgan fingerprint density at radius 2 is 1.62 bits per heavy atom. The number of halogens is 2. The van der Waals surface area contributed by atoms with Crippen molar-refractivity contribution in [3.63, 3.8) is 0 Å². The maximum absolute atomic E-state index is 13.2. The number of carbonyl (C=O) groups excluding carboxylic acids is 2. The van der Waals surface area contributed by atoms with E-state index in [2.05, 4.69) is 5.32 Å². The summed E-state index contributed by atoms with van der Waals surface area (Å²) in [6, 6.07) is 12.4. The molecule has 0 saturated heterocycles. The number of hydrogen-bond donors (Lipinski definition) is 1. The first kappa shape index (κ1) is 23.2. The van der Waals surface area contributed by atoms with E-state index in [1.165, 1.54) is 0 Å². The Labute approximate surface area is 183 Å². The Hall–Kier alpha value is -2.04. The minimum Gasteiger partial charge on any atom is -0.354 e. The van der Waals surface area contributed by atoms with Crippen LogP contribution in [-0.4, -0.2) is 29.3 Å². The van der Waals surface area contributed by atoms with Crippen molar-refractivity contribution >= 4 is 35.0 Å². The third-order valence-electron chi connectivity index (χ3n) is 4.84. The van der Waals surface area contributed by atoms with Crippen molar-refractivity contribution in [1.82, 2.24) is 10.2 Å². The number of nitrogens with zero attached hydrogens (tertiary/aromatic N) is 1. The van der Waals surface area contributed by atoms with Gasteiger partial charge in [-0.05, 0) is 48.6 Å². The molecule has 1 atom stereocenters. The number of amides is 2. The van der Waals surface area contributed by atoms with Crippen LogP contribution in [0.3, 0.4) is 0 Å². The zero-order valence-electron chi connectivity index (χ0n) is 17.3. The molecule has 0 aliphatic carbocycles. The lowest BCUT2D eigenvalue weighted by Gasteiger charge is -2.30. The van der Waals surface area contributed by atoms with Gasteiger partial charge in [-0.3, -0.25) is 9.59 Å². The molecule has 2 aromatic carbocycles. The zero-order valence-corrected chi connectivity index (χ0v) is 18.8. The molecule has 0 heterocycles. The first-order valence-corrected chi connectivity index (χ1v) is 10.5. The van der Waals surface area contributed by atoms with E-state index < -0.39 is 6.04 Å². The van der Waals surface area contributed by atoms with Crippen molar-refractivity contribution in [3.05, 3.63) is 69.2 Å². The van der Waals surface area contributed by atoms with Gasteiger partial charge in [0.05, 0.1) is 6.42 Å². The molecular formula is C23H28Cl2N2O2. The second kappa shape index (κ2) is 10.7. The highest BCUT2D eigenvalue weighted by Crippen LogP contribution is 2.26. The van der Waals surface area contributed by atoms with Crippen LogP contribution >= 0.6 is 23.2 Å². The Bertz CT molecular complexity index is 847. The average molecular weight is 435 g/mol. The van der Waals surface area contributed by atoms with E-state index in [4.69, 9.17) is 23.2 Å². The Balaban J connectivity index is 2.29. The van der Waals surface area contributed by atoms with E-state index in [1.54, 1.807) is 30.0 Å². The van der Waals surface area contributed by atoms with Crippen molar-refractivity contribution in [2.24, 2.45) is 5.92 Å². The number of nitrogens with one attached hydrogen (secondary N) is 1. The lowest BCUT2D eigenvalue weighted by atomic mass is 10.1. The van der Waals surface area contributed by atoms with Gasteiger partial charge < -0.3 is 10.2 Å². The molecule has 0 saturated carbocycles. The highest BCUT2D eigenvalue weighted by Gasteiger charge is 2.27. The van der Waals surface area contributed by atoms with E-state index in [9.17, 15) is 9.59 Å². The number of benzene rings is 2. The SMILES string of the molecule is Cc1ccccc1CN(C(=O)Cc1c(Cl)cccc1Cl)[C@H](C)C(=O)NCC(C)C. The average Bonchev–Trinajstić information content (AvgIpc) is 2.67. The molecule has 0 spiro atoms. The van der Waals surface area contributed by atoms with Crippen molar-refractivity contribution in [2.75, 3.05) is 6.54 Å². The summed E-state index contributed by atoms with van der Waals surface area (Å²) >= 11 is 12.5. The molecule has 0 aliphatic heterocycles. The van der Waals surface area contributed by atoms with Crippen LogP contribution in [0.2, 0.25) is 10.0 Å².